The second-order valence-corrected chi connectivity index (χ2v) is 5.83. The van der Waals surface area contributed by atoms with Crippen molar-refractivity contribution in [1.82, 2.24) is 5.32 Å². The van der Waals surface area contributed by atoms with Crippen LogP contribution in [0.25, 0.3) is 0 Å². The molecule has 0 saturated heterocycles. The van der Waals surface area contributed by atoms with Crippen molar-refractivity contribution in [2.75, 3.05) is 18.0 Å². The largest absolute Gasteiger partial charge is 0.369 e. The van der Waals surface area contributed by atoms with Crippen molar-refractivity contribution in [2.24, 2.45) is 0 Å². The zero-order valence-corrected chi connectivity index (χ0v) is 13.4. The summed E-state index contributed by atoms with van der Waals surface area (Å²) in [6.07, 6.45) is 6.68. The van der Waals surface area contributed by atoms with Crippen LogP contribution >= 0.6 is 0 Å². The van der Waals surface area contributed by atoms with E-state index in [1.807, 2.05) is 0 Å². The van der Waals surface area contributed by atoms with E-state index in [1.165, 1.54) is 36.9 Å². The molecule has 1 aliphatic carbocycles. The third-order valence-corrected chi connectivity index (χ3v) is 4.59. The van der Waals surface area contributed by atoms with E-state index in [-0.39, 0.29) is 0 Å². The lowest BCUT2D eigenvalue weighted by Crippen LogP contribution is -2.32. The van der Waals surface area contributed by atoms with Gasteiger partial charge in [-0.05, 0) is 50.4 Å². The molecule has 1 saturated carbocycles. The molecule has 0 radical (unpaired) electrons. The van der Waals surface area contributed by atoms with Gasteiger partial charge in [-0.25, -0.2) is 0 Å². The summed E-state index contributed by atoms with van der Waals surface area (Å²) in [4.78, 5) is 2.59. The Labute approximate surface area is 124 Å². The Morgan fingerprint density at radius 2 is 1.75 bits per heavy atom. The molecule has 1 unspecified atom stereocenters. The molecule has 2 rings (SSSR count). The first kappa shape index (κ1) is 15.4. The van der Waals surface area contributed by atoms with Crippen LogP contribution in [0.3, 0.4) is 0 Å². The molecule has 1 N–H and O–H groups in total. The van der Waals surface area contributed by atoms with Crippen molar-refractivity contribution in [1.29, 1.82) is 0 Å². The Balaban J connectivity index is 2.09. The highest BCUT2D eigenvalue weighted by molar-refractivity contribution is 5.49. The Hall–Kier alpha value is -1.02. The minimum absolute atomic E-state index is 0.496. The Bertz CT molecular complexity index is 379. The van der Waals surface area contributed by atoms with Crippen LogP contribution in [0.5, 0.6) is 0 Å². The van der Waals surface area contributed by atoms with Crippen LogP contribution in [0.2, 0.25) is 0 Å². The van der Waals surface area contributed by atoms with Gasteiger partial charge in [0.2, 0.25) is 0 Å². The van der Waals surface area contributed by atoms with Crippen LogP contribution in [0, 0.1) is 0 Å². The summed E-state index contributed by atoms with van der Waals surface area (Å²) in [6, 6.07) is 10.5. The minimum atomic E-state index is 0.496. The Morgan fingerprint density at radius 3 is 2.25 bits per heavy atom. The van der Waals surface area contributed by atoms with E-state index in [2.05, 4.69) is 55.3 Å². The molecule has 0 bridgehead atoms. The molecule has 1 aromatic rings. The van der Waals surface area contributed by atoms with Crippen molar-refractivity contribution in [3.8, 4) is 0 Å². The van der Waals surface area contributed by atoms with Crippen LogP contribution < -0.4 is 10.2 Å². The fraction of sp³-hybridized carbons (Fsp3) is 0.667. The number of hydrogen-bond acceptors (Lipinski definition) is 2. The summed E-state index contributed by atoms with van der Waals surface area (Å²) in [7, 11) is 0. The number of nitrogens with one attached hydrogen (secondary N) is 1. The Morgan fingerprint density at radius 1 is 1.10 bits per heavy atom. The maximum atomic E-state index is 3.55. The molecule has 0 amide bonds. The van der Waals surface area contributed by atoms with Crippen LogP contribution in [-0.4, -0.2) is 19.1 Å². The second kappa shape index (κ2) is 7.68. The van der Waals surface area contributed by atoms with Gasteiger partial charge >= 0.3 is 0 Å². The zero-order chi connectivity index (χ0) is 14.4. The normalized spacial score (nSPS) is 17.4. The van der Waals surface area contributed by atoms with Crippen molar-refractivity contribution >= 4 is 5.69 Å². The fourth-order valence-electron chi connectivity index (χ4n) is 3.51. The first-order valence-corrected chi connectivity index (χ1v) is 8.40. The van der Waals surface area contributed by atoms with E-state index in [4.69, 9.17) is 0 Å². The van der Waals surface area contributed by atoms with Gasteiger partial charge in [-0.1, -0.05) is 38.8 Å². The average Bonchev–Trinajstić information content (AvgIpc) is 3.00. The summed E-state index contributed by atoms with van der Waals surface area (Å²) >= 11 is 0. The lowest BCUT2D eigenvalue weighted by Gasteiger charge is -2.30. The molecule has 1 aromatic carbocycles. The third-order valence-electron chi connectivity index (χ3n) is 4.59. The van der Waals surface area contributed by atoms with Gasteiger partial charge in [0.25, 0.3) is 0 Å². The molecule has 0 spiro atoms. The summed E-state index contributed by atoms with van der Waals surface area (Å²) < 4.78 is 0. The van der Waals surface area contributed by atoms with Crippen molar-refractivity contribution in [3.05, 3.63) is 29.8 Å². The molecule has 112 valence electrons. The van der Waals surface area contributed by atoms with Crippen LogP contribution in [0.4, 0.5) is 5.69 Å². The zero-order valence-electron chi connectivity index (χ0n) is 13.4. The molecule has 2 heteroatoms. The van der Waals surface area contributed by atoms with Crippen LogP contribution in [-0.2, 0) is 0 Å². The fourth-order valence-corrected chi connectivity index (χ4v) is 3.51. The van der Waals surface area contributed by atoms with Crippen molar-refractivity contribution in [3.63, 3.8) is 0 Å². The number of rotatable bonds is 7. The van der Waals surface area contributed by atoms with Gasteiger partial charge in [-0.3, -0.25) is 0 Å². The molecular weight excluding hydrogens is 244 g/mol. The summed E-state index contributed by atoms with van der Waals surface area (Å²) in [5.74, 6) is 0. The molecule has 2 nitrogen and oxygen atoms in total. The van der Waals surface area contributed by atoms with E-state index < -0.39 is 0 Å². The van der Waals surface area contributed by atoms with E-state index in [0.717, 1.165) is 25.6 Å². The first-order valence-electron chi connectivity index (χ1n) is 8.40. The van der Waals surface area contributed by atoms with Crippen molar-refractivity contribution in [2.45, 2.75) is 65.0 Å². The molecule has 1 atom stereocenters. The quantitative estimate of drug-likeness (QED) is 0.786. The predicted octanol–water partition coefficient (Wildman–Crippen LogP) is 4.52. The van der Waals surface area contributed by atoms with Gasteiger partial charge in [-0.2, -0.15) is 0 Å². The predicted molar refractivity (Wildman–Crippen MR) is 88.4 cm³/mol. The van der Waals surface area contributed by atoms with Gasteiger partial charge in [0.15, 0.2) is 0 Å². The highest BCUT2D eigenvalue weighted by Gasteiger charge is 2.21. The maximum absolute atomic E-state index is 3.55. The highest BCUT2D eigenvalue weighted by Crippen LogP contribution is 2.29. The van der Waals surface area contributed by atoms with E-state index in [9.17, 15) is 0 Å². The lowest BCUT2D eigenvalue weighted by molar-refractivity contribution is 0.537. The minimum Gasteiger partial charge on any atom is -0.369 e. The molecule has 20 heavy (non-hydrogen) atoms. The molecule has 0 aliphatic heterocycles. The molecule has 1 fully saturated rings. The van der Waals surface area contributed by atoms with Gasteiger partial charge in [0, 0.05) is 24.3 Å². The number of anilines is 1. The van der Waals surface area contributed by atoms with E-state index in [1.54, 1.807) is 0 Å². The van der Waals surface area contributed by atoms with E-state index in [0.29, 0.717) is 6.04 Å². The number of hydrogen-bond donors (Lipinski definition) is 1. The topological polar surface area (TPSA) is 15.3 Å². The number of nitrogens with zero attached hydrogens (tertiary/aromatic N) is 1. The van der Waals surface area contributed by atoms with E-state index >= 15 is 0 Å². The smallest absolute Gasteiger partial charge is 0.0368 e. The molecule has 0 heterocycles. The molecule has 0 aromatic heterocycles. The molecular formula is C18H30N2. The molecule has 1 aliphatic rings. The monoisotopic (exact) mass is 274 g/mol. The van der Waals surface area contributed by atoms with Gasteiger partial charge in [0.1, 0.15) is 0 Å². The first-order chi connectivity index (χ1) is 9.80. The van der Waals surface area contributed by atoms with Crippen LogP contribution in [0.15, 0.2) is 24.3 Å². The SMILES string of the molecule is CCNC(CC)c1ccc(N(CC)C2CCCC2)cc1. The summed E-state index contributed by atoms with van der Waals surface area (Å²) in [5.41, 5.74) is 2.81. The standard InChI is InChI=1S/C18H30N2/c1-4-18(19-5-2)15-11-13-17(14-12-15)20(6-3)16-9-7-8-10-16/h11-14,16,18-19H,4-10H2,1-3H3. The second-order valence-electron chi connectivity index (χ2n) is 5.83. The number of benzene rings is 1. The van der Waals surface area contributed by atoms with Crippen LogP contribution in [0.1, 0.15) is 64.5 Å². The van der Waals surface area contributed by atoms with Crippen molar-refractivity contribution < 1.29 is 0 Å². The average molecular weight is 274 g/mol. The maximum Gasteiger partial charge on any atom is 0.0368 e. The summed E-state index contributed by atoms with van der Waals surface area (Å²) in [6.45, 7) is 8.85. The lowest BCUT2D eigenvalue weighted by atomic mass is 10.0. The summed E-state index contributed by atoms with van der Waals surface area (Å²) in [5, 5.41) is 3.55. The Kier molecular flexibility index (Phi) is 5.90. The van der Waals surface area contributed by atoms with Gasteiger partial charge < -0.3 is 10.2 Å². The van der Waals surface area contributed by atoms with Gasteiger partial charge in [-0.15, -0.1) is 0 Å². The highest BCUT2D eigenvalue weighted by atomic mass is 15.2. The third kappa shape index (κ3) is 3.54. The van der Waals surface area contributed by atoms with Gasteiger partial charge in [0.05, 0.1) is 0 Å².